The Morgan fingerprint density at radius 3 is 2.80 bits per heavy atom. The van der Waals surface area contributed by atoms with Gasteiger partial charge in [0.2, 0.25) is 0 Å². The molecule has 0 aliphatic carbocycles. The van der Waals surface area contributed by atoms with E-state index in [4.69, 9.17) is 17.3 Å². The van der Waals surface area contributed by atoms with Gasteiger partial charge in [-0.25, -0.2) is 8.42 Å². The maximum atomic E-state index is 11.7. The molecule has 15 heavy (non-hydrogen) atoms. The van der Waals surface area contributed by atoms with Crippen molar-refractivity contribution >= 4 is 21.4 Å². The summed E-state index contributed by atoms with van der Waals surface area (Å²) in [5, 5.41) is -0.188. The van der Waals surface area contributed by atoms with Crippen molar-refractivity contribution in [2.75, 3.05) is 6.54 Å². The van der Waals surface area contributed by atoms with Crippen molar-refractivity contribution < 1.29 is 8.42 Å². The van der Waals surface area contributed by atoms with E-state index in [1.807, 2.05) is 0 Å². The maximum Gasteiger partial charge on any atom is 0.158 e. The van der Waals surface area contributed by atoms with Crippen LogP contribution in [0, 0.1) is 0 Å². The normalized spacial score (nSPS) is 13.8. The minimum Gasteiger partial charge on any atom is -0.329 e. The molecule has 2 N–H and O–H groups in total. The molecule has 0 amide bonds. The lowest BCUT2D eigenvalue weighted by Crippen LogP contribution is -2.27. The van der Waals surface area contributed by atoms with Crippen molar-refractivity contribution in [2.24, 2.45) is 5.73 Å². The Kier molecular flexibility index (Phi) is 4.07. The highest BCUT2D eigenvalue weighted by Gasteiger charge is 2.20. The third-order valence-electron chi connectivity index (χ3n) is 2.16. The molecule has 0 saturated carbocycles. The van der Waals surface area contributed by atoms with E-state index >= 15 is 0 Å². The molecule has 1 atom stereocenters. The van der Waals surface area contributed by atoms with Crippen molar-refractivity contribution in [3.05, 3.63) is 29.0 Å². The number of aromatic nitrogens is 1. The van der Waals surface area contributed by atoms with Crippen LogP contribution in [-0.2, 0) is 15.6 Å². The number of nitrogens with two attached hydrogens (primary N) is 1. The Hall–Kier alpha value is -0.650. The average Bonchev–Trinajstić information content (AvgIpc) is 2.20. The van der Waals surface area contributed by atoms with Crippen LogP contribution in [0.2, 0.25) is 5.02 Å². The van der Waals surface area contributed by atoms with Crippen LogP contribution < -0.4 is 5.73 Å². The molecule has 0 aromatic carbocycles. The number of halogens is 1. The summed E-state index contributed by atoms with van der Waals surface area (Å²) >= 11 is 5.82. The first-order valence-corrected chi connectivity index (χ1v) is 6.56. The third kappa shape index (κ3) is 3.15. The van der Waals surface area contributed by atoms with Crippen LogP contribution in [0.4, 0.5) is 0 Å². The lowest BCUT2D eigenvalue weighted by Gasteiger charge is -2.10. The summed E-state index contributed by atoms with van der Waals surface area (Å²) < 4.78 is 23.4. The van der Waals surface area contributed by atoms with Gasteiger partial charge >= 0.3 is 0 Å². The number of nitrogens with zero attached hydrogens (tertiary/aromatic N) is 1. The summed E-state index contributed by atoms with van der Waals surface area (Å²) in [5.74, 6) is -0.0906. The Morgan fingerprint density at radius 1 is 1.60 bits per heavy atom. The fraction of sp³-hybridized carbons (Fsp3) is 0.444. The van der Waals surface area contributed by atoms with Gasteiger partial charge in [0, 0.05) is 18.9 Å². The molecule has 1 aromatic rings. The number of rotatable bonds is 4. The van der Waals surface area contributed by atoms with Crippen LogP contribution in [0.25, 0.3) is 0 Å². The molecule has 6 heteroatoms. The molecule has 1 aromatic heterocycles. The van der Waals surface area contributed by atoms with E-state index in [1.54, 1.807) is 13.0 Å². The lowest BCUT2D eigenvalue weighted by atomic mass is 10.3. The molecule has 4 nitrogen and oxygen atoms in total. The van der Waals surface area contributed by atoms with E-state index in [0.717, 1.165) is 0 Å². The van der Waals surface area contributed by atoms with E-state index < -0.39 is 15.1 Å². The van der Waals surface area contributed by atoms with Crippen molar-refractivity contribution in [2.45, 2.75) is 17.9 Å². The smallest absolute Gasteiger partial charge is 0.158 e. The quantitative estimate of drug-likeness (QED) is 0.863. The van der Waals surface area contributed by atoms with Gasteiger partial charge in [0.05, 0.1) is 16.0 Å². The molecule has 0 aliphatic heterocycles. The predicted octanol–water partition coefficient (Wildman–Crippen LogP) is 0.997. The second kappa shape index (κ2) is 4.92. The van der Waals surface area contributed by atoms with E-state index in [0.29, 0.717) is 10.6 Å². The van der Waals surface area contributed by atoms with Gasteiger partial charge in [-0.15, -0.1) is 0 Å². The standard InChI is InChI=1S/C9H13ClN2O2S/c1-7(4-11)15(13,14)6-8-2-3-12-5-9(8)10/h2-3,5,7H,4,6,11H2,1H3. The summed E-state index contributed by atoms with van der Waals surface area (Å²) in [4.78, 5) is 3.79. The average molecular weight is 249 g/mol. The summed E-state index contributed by atoms with van der Waals surface area (Å²) in [6, 6.07) is 1.60. The zero-order valence-corrected chi connectivity index (χ0v) is 9.92. The molecule has 0 bridgehead atoms. The second-order valence-corrected chi connectivity index (χ2v) is 6.15. The van der Waals surface area contributed by atoms with E-state index in [-0.39, 0.29) is 12.3 Å². The maximum absolute atomic E-state index is 11.7. The van der Waals surface area contributed by atoms with Crippen molar-refractivity contribution in [3.8, 4) is 0 Å². The number of pyridine rings is 1. The van der Waals surface area contributed by atoms with Crippen LogP contribution in [0.3, 0.4) is 0 Å². The summed E-state index contributed by atoms with van der Waals surface area (Å²) in [5.41, 5.74) is 5.89. The number of hydrogen-bond donors (Lipinski definition) is 1. The fourth-order valence-corrected chi connectivity index (χ4v) is 2.56. The monoisotopic (exact) mass is 248 g/mol. The van der Waals surface area contributed by atoms with Gasteiger partial charge in [-0.3, -0.25) is 4.98 Å². The Balaban J connectivity index is 2.92. The lowest BCUT2D eigenvalue weighted by molar-refractivity contribution is 0.583. The predicted molar refractivity (Wildman–Crippen MR) is 60.4 cm³/mol. The van der Waals surface area contributed by atoms with Gasteiger partial charge in [-0.05, 0) is 18.6 Å². The molecule has 0 radical (unpaired) electrons. The molecule has 1 heterocycles. The molecule has 0 spiro atoms. The molecular weight excluding hydrogens is 236 g/mol. The molecular formula is C9H13ClN2O2S. The Labute approximate surface area is 94.4 Å². The Morgan fingerprint density at radius 2 is 2.27 bits per heavy atom. The zero-order valence-electron chi connectivity index (χ0n) is 8.35. The largest absolute Gasteiger partial charge is 0.329 e. The minimum atomic E-state index is -3.22. The van der Waals surface area contributed by atoms with Gasteiger partial charge in [0.15, 0.2) is 9.84 Å². The first-order chi connectivity index (χ1) is 6.97. The minimum absolute atomic E-state index is 0.0906. The van der Waals surface area contributed by atoms with E-state index in [2.05, 4.69) is 4.98 Å². The number of hydrogen-bond acceptors (Lipinski definition) is 4. The van der Waals surface area contributed by atoms with E-state index in [9.17, 15) is 8.42 Å². The highest BCUT2D eigenvalue weighted by molar-refractivity contribution is 7.91. The van der Waals surface area contributed by atoms with Gasteiger partial charge in [-0.2, -0.15) is 0 Å². The summed E-state index contributed by atoms with van der Waals surface area (Å²) in [6.45, 7) is 1.70. The van der Waals surface area contributed by atoms with Gasteiger partial charge in [-0.1, -0.05) is 11.6 Å². The molecule has 0 fully saturated rings. The second-order valence-electron chi connectivity index (χ2n) is 3.32. The first-order valence-electron chi connectivity index (χ1n) is 4.47. The molecule has 1 rings (SSSR count). The molecule has 1 unspecified atom stereocenters. The zero-order chi connectivity index (χ0) is 11.5. The highest BCUT2D eigenvalue weighted by Crippen LogP contribution is 2.18. The van der Waals surface area contributed by atoms with Crippen molar-refractivity contribution in [1.82, 2.24) is 4.98 Å². The van der Waals surface area contributed by atoms with Gasteiger partial charge in [0.25, 0.3) is 0 Å². The van der Waals surface area contributed by atoms with Crippen LogP contribution in [0.1, 0.15) is 12.5 Å². The number of sulfone groups is 1. The molecule has 84 valence electrons. The van der Waals surface area contributed by atoms with E-state index in [1.165, 1.54) is 12.4 Å². The van der Waals surface area contributed by atoms with Crippen LogP contribution in [0.15, 0.2) is 18.5 Å². The molecule has 0 aliphatic rings. The Bertz CT molecular complexity index is 433. The molecule has 0 saturated heterocycles. The van der Waals surface area contributed by atoms with Gasteiger partial charge in [0.1, 0.15) is 0 Å². The third-order valence-corrected chi connectivity index (χ3v) is 4.63. The first kappa shape index (κ1) is 12.4. The summed E-state index contributed by atoms with van der Waals surface area (Å²) in [7, 11) is -3.22. The van der Waals surface area contributed by atoms with Crippen LogP contribution in [0.5, 0.6) is 0 Å². The summed E-state index contributed by atoms with van der Waals surface area (Å²) in [6.07, 6.45) is 2.95. The van der Waals surface area contributed by atoms with Crippen LogP contribution in [-0.4, -0.2) is 25.2 Å². The van der Waals surface area contributed by atoms with Crippen LogP contribution >= 0.6 is 11.6 Å². The topological polar surface area (TPSA) is 73.1 Å². The fourth-order valence-electron chi connectivity index (χ4n) is 1.03. The SMILES string of the molecule is CC(CN)S(=O)(=O)Cc1ccncc1Cl. The van der Waals surface area contributed by atoms with Crippen molar-refractivity contribution in [1.29, 1.82) is 0 Å². The van der Waals surface area contributed by atoms with Gasteiger partial charge < -0.3 is 5.73 Å². The highest BCUT2D eigenvalue weighted by atomic mass is 35.5. The van der Waals surface area contributed by atoms with Crippen molar-refractivity contribution in [3.63, 3.8) is 0 Å².